The molecule has 0 saturated carbocycles. The second kappa shape index (κ2) is 7.53. The van der Waals surface area contributed by atoms with E-state index in [1.165, 1.54) is 40.5 Å². The monoisotopic (exact) mass is 337 g/mol. The molecule has 0 aliphatic heterocycles. The molecule has 1 aromatic heterocycles. The van der Waals surface area contributed by atoms with Gasteiger partial charge >= 0.3 is 0 Å². The quantitative estimate of drug-likeness (QED) is 0.385. The topological polar surface area (TPSA) is 12.9 Å². The lowest BCUT2D eigenvalue weighted by Crippen LogP contribution is -1.91. The molecule has 0 radical (unpaired) electrons. The van der Waals surface area contributed by atoms with Gasteiger partial charge in [0.05, 0.1) is 11.2 Å². The molecule has 4 aromatic rings. The maximum Gasteiger partial charge on any atom is 0.0716 e. The Morgan fingerprint density at radius 3 is 2.35 bits per heavy atom. The molecule has 0 atom stereocenters. The number of hydrogen-bond donors (Lipinski definition) is 0. The Balaban J connectivity index is 1.87. The third kappa shape index (κ3) is 3.39. The summed E-state index contributed by atoms with van der Waals surface area (Å²) in [5, 5.41) is 1.20. The highest BCUT2D eigenvalue weighted by atomic mass is 14.7. The Labute approximate surface area is 155 Å². The Kier molecular flexibility index (Phi) is 4.79. The first-order valence-electron chi connectivity index (χ1n) is 9.39. The van der Waals surface area contributed by atoms with E-state index in [2.05, 4.69) is 91.9 Å². The number of nitrogens with zero attached hydrogens (tertiary/aromatic N) is 1. The summed E-state index contributed by atoms with van der Waals surface area (Å²) in [6.07, 6.45) is 3.57. The zero-order valence-corrected chi connectivity index (χ0v) is 15.2. The normalized spacial score (nSPS) is 11.0. The van der Waals surface area contributed by atoms with Gasteiger partial charge in [0.1, 0.15) is 0 Å². The van der Waals surface area contributed by atoms with Crippen LogP contribution in [0.3, 0.4) is 0 Å². The van der Waals surface area contributed by atoms with Crippen molar-refractivity contribution in [2.75, 3.05) is 0 Å². The van der Waals surface area contributed by atoms with E-state index in [4.69, 9.17) is 4.98 Å². The van der Waals surface area contributed by atoms with Gasteiger partial charge in [-0.1, -0.05) is 80.1 Å². The van der Waals surface area contributed by atoms with Gasteiger partial charge in [-0.25, -0.2) is 4.98 Å². The zero-order chi connectivity index (χ0) is 17.8. The predicted molar refractivity (Wildman–Crippen MR) is 111 cm³/mol. The molecule has 0 amide bonds. The summed E-state index contributed by atoms with van der Waals surface area (Å²) in [6, 6.07) is 30.1. The van der Waals surface area contributed by atoms with Crippen LogP contribution in [0.15, 0.2) is 84.9 Å². The third-order valence-corrected chi connectivity index (χ3v) is 4.84. The van der Waals surface area contributed by atoms with Crippen LogP contribution in [0.1, 0.15) is 25.3 Å². The number of fused-ring (bicyclic) bond motifs is 1. The minimum absolute atomic E-state index is 1.04. The number of aromatic nitrogens is 1. The van der Waals surface area contributed by atoms with Crippen molar-refractivity contribution < 1.29 is 0 Å². The first kappa shape index (κ1) is 16.5. The molecule has 128 valence electrons. The Hall–Kier alpha value is -2.93. The van der Waals surface area contributed by atoms with E-state index in [0.29, 0.717) is 0 Å². The van der Waals surface area contributed by atoms with E-state index in [9.17, 15) is 0 Å². The zero-order valence-electron chi connectivity index (χ0n) is 15.2. The van der Waals surface area contributed by atoms with Gasteiger partial charge in [0.2, 0.25) is 0 Å². The highest BCUT2D eigenvalue weighted by Gasteiger charge is 2.09. The summed E-state index contributed by atoms with van der Waals surface area (Å²) in [5.41, 5.74) is 7.14. The minimum atomic E-state index is 1.04. The molecule has 1 heterocycles. The highest BCUT2D eigenvalue weighted by molar-refractivity contribution is 5.96. The van der Waals surface area contributed by atoms with Gasteiger partial charge in [-0.3, -0.25) is 0 Å². The molecule has 3 aromatic carbocycles. The number of hydrogen-bond acceptors (Lipinski definition) is 1. The molecule has 0 spiro atoms. The van der Waals surface area contributed by atoms with Crippen LogP contribution in [0.5, 0.6) is 0 Å². The molecular weight excluding hydrogens is 314 g/mol. The van der Waals surface area contributed by atoms with Gasteiger partial charge in [0.25, 0.3) is 0 Å². The molecule has 1 heteroatoms. The third-order valence-electron chi connectivity index (χ3n) is 4.84. The lowest BCUT2D eigenvalue weighted by molar-refractivity contribution is 0.795. The summed E-state index contributed by atoms with van der Waals surface area (Å²) in [4.78, 5) is 4.95. The number of para-hydroxylation sites is 1. The second-order valence-electron chi connectivity index (χ2n) is 6.74. The van der Waals surface area contributed by atoms with Crippen LogP contribution in [0, 0.1) is 0 Å². The van der Waals surface area contributed by atoms with Crippen molar-refractivity contribution in [3.8, 4) is 22.4 Å². The number of aryl methyl sites for hydroxylation is 1. The van der Waals surface area contributed by atoms with Gasteiger partial charge in [-0.05, 0) is 47.7 Å². The van der Waals surface area contributed by atoms with Crippen LogP contribution in [0.2, 0.25) is 0 Å². The average Bonchev–Trinajstić information content (AvgIpc) is 2.72. The summed E-state index contributed by atoms with van der Waals surface area (Å²) in [7, 11) is 0. The van der Waals surface area contributed by atoms with Crippen LogP contribution >= 0.6 is 0 Å². The summed E-state index contributed by atoms with van der Waals surface area (Å²) < 4.78 is 0. The summed E-state index contributed by atoms with van der Waals surface area (Å²) in [5.74, 6) is 0. The van der Waals surface area contributed by atoms with Gasteiger partial charge in [-0.2, -0.15) is 0 Å². The van der Waals surface area contributed by atoms with Crippen LogP contribution in [0.25, 0.3) is 33.3 Å². The largest absolute Gasteiger partial charge is 0.248 e. The molecule has 0 fully saturated rings. The lowest BCUT2D eigenvalue weighted by atomic mass is 9.97. The molecule has 0 N–H and O–H groups in total. The Morgan fingerprint density at radius 2 is 1.50 bits per heavy atom. The summed E-state index contributed by atoms with van der Waals surface area (Å²) >= 11 is 0. The molecule has 0 aliphatic carbocycles. The van der Waals surface area contributed by atoms with Crippen LogP contribution in [-0.4, -0.2) is 4.98 Å². The maximum absolute atomic E-state index is 4.95. The van der Waals surface area contributed by atoms with E-state index in [0.717, 1.165) is 17.6 Å². The molecule has 1 nitrogen and oxygen atoms in total. The van der Waals surface area contributed by atoms with E-state index >= 15 is 0 Å². The van der Waals surface area contributed by atoms with Crippen LogP contribution in [-0.2, 0) is 6.42 Å². The maximum atomic E-state index is 4.95. The standard InChI is InChI=1S/C25H23N/c1-2-3-10-19-11-9-14-21(17-19)25-18-23(20-12-5-4-6-13-20)22-15-7-8-16-24(22)26-25/h4-9,11-18H,2-3,10H2,1H3. The van der Waals surface area contributed by atoms with Gasteiger partial charge < -0.3 is 0 Å². The average molecular weight is 337 g/mol. The van der Waals surface area contributed by atoms with Gasteiger partial charge in [0, 0.05) is 10.9 Å². The van der Waals surface area contributed by atoms with Crippen LogP contribution in [0.4, 0.5) is 0 Å². The molecule has 0 aliphatic rings. The fourth-order valence-corrected chi connectivity index (χ4v) is 3.45. The molecule has 0 bridgehead atoms. The summed E-state index contributed by atoms with van der Waals surface area (Å²) in [6.45, 7) is 2.24. The lowest BCUT2D eigenvalue weighted by Gasteiger charge is -2.11. The van der Waals surface area contributed by atoms with Crippen molar-refractivity contribution in [1.82, 2.24) is 4.98 Å². The first-order valence-corrected chi connectivity index (χ1v) is 9.39. The number of rotatable bonds is 5. The fraction of sp³-hybridized carbons (Fsp3) is 0.160. The molecular formula is C25H23N. The SMILES string of the molecule is CCCCc1cccc(-c2cc(-c3ccccc3)c3ccccc3n2)c1. The van der Waals surface area contributed by atoms with E-state index in [1.54, 1.807) is 0 Å². The van der Waals surface area contributed by atoms with E-state index in [1.807, 2.05) is 0 Å². The Morgan fingerprint density at radius 1 is 0.731 bits per heavy atom. The highest BCUT2D eigenvalue weighted by Crippen LogP contribution is 2.32. The molecule has 0 saturated heterocycles. The minimum Gasteiger partial charge on any atom is -0.248 e. The van der Waals surface area contributed by atoms with Crippen LogP contribution < -0.4 is 0 Å². The van der Waals surface area contributed by atoms with E-state index in [-0.39, 0.29) is 0 Å². The van der Waals surface area contributed by atoms with Crippen molar-refractivity contribution in [2.24, 2.45) is 0 Å². The fourth-order valence-electron chi connectivity index (χ4n) is 3.45. The van der Waals surface area contributed by atoms with Crippen molar-refractivity contribution in [2.45, 2.75) is 26.2 Å². The van der Waals surface area contributed by atoms with Crippen molar-refractivity contribution in [3.05, 3.63) is 90.5 Å². The smallest absolute Gasteiger partial charge is 0.0716 e. The number of benzene rings is 3. The first-order chi connectivity index (χ1) is 12.8. The van der Waals surface area contributed by atoms with Gasteiger partial charge in [-0.15, -0.1) is 0 Å². The van der Waals surface area contributed by atoms with Gasteiger partial charge in [0.15, 0.2) is 0 Å². The molecule has 4 rings (SSSR count). The van der Waals surface area contributed by atoms with E-state index < -0.39 is 0 Å². The predicted octanol–water partition coefficient (Wildman–Crippen LogP) is 6.91. The van der Waals surface area contributed by atoms with Crippen molar-refractivity contribution in [3.63, 3.8) is 0 Å². The number of unbranched alkanes of at least 4 members (excludes halogenated alkanes) is 1. The van der Waals surface area contributed by atoms with Crippen molar-refractivity contribution >= 4 is 10.9 Å². The Bertz CT molecular complexity index is 1020. The number of pyridine rings is 1. The molecule has 26 heavy (non-hydrogen) atoms. The second-order valence-corrected chi connectivity index (χ2v) is 6.74. The molecule has 0 unspecified atom stereocenters. The van der Waals surface area contributed by atoms with Crippen molar-refractivity contribution in [1.29, 1.82) is 0 Å².